The highest BCUT2D eigenvalue weighted by molar-refractivity contribution is 5.67. The first-order valence-corrected chi connectivity index (χ1v) is 9.09. The molecule has 2 aromatic rings. The number of carbonyl (C=O) groups excluding carboxylic acids is 1. The van der Waals surface area contributed by atoms with E-state index in [1.165, 1.54) is 11.1 Å². The monoisotopic (exact) mass is 356 g/mol. The van der Waals surface area contributed by atoms with E-state index in [-0.39, 0.29) is 12.0 Å². The number of imidazole rings is 1. The molecular formula is C19H24N4O3. The quantitative estimate of drug-likeness (QED) is 0.864. The third-order valence-electron chi connectivity index (χ3n) is 5.72. The van der Waals surface area contributed by atoms with Crippen molar-refractivity contribution in [3.05, 3.63) is 47.4 Å². The number of benzene rings is 1. The SMILES string of the molecule is NC(=O)Oc1cnc2n1CCc1ccccc1C21CCN(CCO)CC1. The number of aromatic nitrogens is 2. The van der Waals surface area contributed by atoms with E-state index in [1.807, 2.05) is 4.57 Å². The molecule has 0 aliphatic carbocycles. The van der Waals surface area contributed by atoms with Crippen molar-refractivity contribution in [2.24, 2.45) is 5.73 Å². The molecule has 1 saturated heterocycles. The summed E-state index contributed by atoms with van der Waals surface area (Å²) >= 11 is 0. The number of aliphatic hydroxyl groups is 1. The van der Waals surface area contributed by atoms with Crippen molar-refractivity contribution in [3.63, 3.8) is 0 Å². The molecule has 1 aromatic heterocycles. The summed E-state index contributed by atoms with van der Waals surface area (Å²) in [5.41, 5.74) is 7.66. The van der Waals surface area contributed by atoms with Crippen LogP contribution in [0.25, 0.3) is 0 Å². The van der Waals surface area contributed by atoms with Gasteiger partial charge in [0.1, 0.15) is 5.82 Å². The van der Waals surface area contributed by atoms with E-state index in [9.17, 15) is 9.90 Å². The number of hydrogen-bond acceptors (Lipinski definition) is 5. The number of aliphatic hydroxyl groups excluding tert-OH is 1. The maximum atomic E-state index is 11.3. The molecule has 0 bridgehead atoms. The summed E-state index contributed by atoms with van der Waals surface area (Å²) in [6.45, 7) is 3.37. The van der Waals surface area contributed by atoms with Gasteiger partial charge < -0.3 is 20.5 Å². The molecule has 3 N–H and O–H groups in total. The van der Waals surface area contributed by atoms with E-state index in [0.29, 0.717) is 19.0 Å². The minimum absolute atomic E-state index is 0.175. The molecule has 1 aromatic carbocycles. The number of amides is 1. The summed E-state index contributed by atoms with van der Waals surface area (Å²) < 4.78 is 7.20. The molecule has 0 unspecified atom stereocenters. The molecule has 0 atom stereocenters. The molecule has 138 valence electrons. The highest BCUT2D eigenvalue weighted by Gasteiger charge is 2.44. The molecule has 2 aliphatic rings. The van der Waals surface area contributed by atoms with Crippen LogP contribution >= 0.6 is 0 Å². The first kappa shape index (κ1) is 17.1. The number of nitrogens with zero attached hydrogens (tertiary/aromatic N) is 3. The van der Waals surface area contributed by atoms with Crippen LogP contribution in [0.4, 0.5) is 4.79 Å². The largest absolute Gasteiger partial charge is 0.411 e. The molecule has 2 aliphatic heterocycles. The highest BCUT2D eigenvalue weighted by Crippen LogP contribution is 2.45. The Morgan fingerprint density at radius 2 is 2.04 bits per heavy atom. The summed E-state index contributed by atoms with van der Waals surface area (Å²) in [7, 11) is 0. The van der Waals surface area contributed by atoms with Crippen LogP contribution in [0, 0.1) is 0 Å². The van der Waals surface area contributed by atoms with Crippen LogP contribution in [-0.4, -0.2) is 51.9 Å². The first-order valence-electron chi connectivity index (χ1n) is 9.09. The van der Waals surface area contributed by atoms with E-state index >= 15 is 0 Å². The van der Waals surface area contributed by atoms with E-state index < -0.39 is 6.09 Å². The van der Waals surface area contributed by atoms with Gasteiger partial charge in [0.2, 0.25) is 5.88 Å². The van der Waals surface area contributed by atoms with Gasteiger partial charge in [-0.05, 0) is 43.5 Å². The Morgan fingerprint density at radius 3 is 2.77 bits per heavy atom. The fourth-order valence-corrected chi connectivity index (χ4v) is 4.49. The first-order chi connectivity index (χ1) is 12.6. The molecule has 0 radical (unpaired) electrons. The molecule has 7 nitrogen and oxygen atoms in total. The predicted octanol–water partition coefficient (Wildman–Crippen LogP) is 1.27. The summed E-state index contributed by atoms with van der Waals surface area (Å²) in [6, 6.07) is 8.54. The van der Waals surface area contributed by atoms with Gasteiger partial charge >= 0.3 is 6.09 Å². The number of hydrogen-bond donors (Lipinski definition) is 2. The van der Waals surface area contributed by atoms with Crippen LogP contribution in [0.2, 0.25) is 0 Å². The molecular weight excluding hydrogens is 332 g/mol. The van der Waals surface area contributed by atoms with Crippen molar-refractivity contribution >= 4 is 6.09 Å². The molecule has 1 spiro atoms. The third kappa shape index (κ3) is 2.77. The van der Waals surface area contributed by atoms with Crippen molar-refractivity contribution in [1.29, 1.82) is 0 Å². The lowest BCUT2D eigenvalue weighted by atomic mass is 9.70. The predicted molar refractivity (Wildman–Crippen MR) is 96.1 cm³/mol. The van der Waals surface area contributed by atoms with Crippen molar-refractivity contribution < 1.29 is 14.6 Å². The standard InChI is InChI=1S/C19H24N4O3/c20-18(25)26-16-13-21-17-19(6-9-22(10-7-19)11-12-24)15-4-2-1-3-14(15)5-8-23(16)17/h1-4,13,24H,5-12H2,(H2,20,25). The van der Waals surface area contributed by atoms with Crippen molar-refractivity contribution in [3.8, 4) is 5.88 Å². The number of fused-ring (bicyclic) bond motifs is 4. The average molecular weight is 356 g/mol. The smallest absolute Gasteiger partial charge is 0.395 e. The van der Waals surface area contributed by atoms with Gasteiger partial charge in [-0.15, -0.1) is 0 Å². The lowest BCUT2D eigenvalue weighted by Gasteiger charge is -2.41. The van der Waals surface area contributed by atoms with E-state index in [2.05, 4.69) is 34.1 Å². The zero-order valence-corrected chi connectivity index (χ0v) is 14.7. The van der Waals surface area contributed by atoms with Crippen LogP contribution in [0.3, 0.4) is 0 Å². The molecule has 1 amide bonds. The van der Waals surface area contributed by atoms with Crippen LogP contribution in [-0.2, 0) is 18.4 Å². The van der Waals surface area contributed by atoms with Gasteiger partial charge in [-0.25, -0.2) is 9.78 Å². The zero-order chi connectivity index (χ0) is 18.1. The van der Waals surface area contributed by atoms with Crippen LogP contribution in [0.5, 0.6) is 5.88 Å². The summed E-state index contributed by atoms with van der Waals surface area (Å²) in [5.74, 6) is 1.36. The van der Waals surface area contributed by atoms with E-state index in [1.54, 1.807) is 6.20 Å². The summed E-state index contributed by atoms with van der Waals surface area (Å²) in [6.07, 6.45) is 3.47. The number of piperidine rings is 1. The van der Waals surface area contributed by atoms with Gasteiger partial charge in [0.15, 0.2) is 0 Å². The molecule has 1 fully saturated rings. The number of likely N-dealkylation sites (tertiary alicyclic amines) is 1. The molecule has 7 heteroatoms. The fourth-order valence-electron chi connectivity index (χ4n) is 4.49. The van der Waals surface area contributed by atoms with Crippen molar-refractivity contribution in [1.82, 2.24) is 14.5 Å². The maximum Gasteiger partial charge on any atom is 0.411 e. The molecule has 3 heterocycles. The minimum atomic E-state index is -0.818. The second kappa shape index (κ2) is 6.74. The number of ether oxygens (including phenoxy) is 1. The molecule has 0 saturated carbocycles. The summed E-state index contributed by atoms with van der Waals surface area (Å²) in [5, 5.41) is 9.25. The van der Waals surface area contributed by atoms with Gasteiger partial charge in [-0.1, -0.05) is 24.3 Å². The summed E-state index contributed by atoms with van der Waals surface area (Å²) in [4.78, 5) is 18.2. The van der Waals surface area contributed by atoms with E-state index in [0.717, 1.165) is 38.2 Å². The Kier molecular flexibility index (Phi) is 4.42. The number of nitrogens with two attached hydrogens (primary N) is 1. The highest BCUT2D eigenvalue weighted by atomic mass is 16.6. The topological polar surface area (TPSA) is 93.6 Å². The Labute approximate surface area is 152 Å². The van der Waals surface area contributed by atoms with Gasteiger partial charge in [0.05, 0.1) is 18.2 Å². The van der Waals surface area contributed by atoms with E-state index in [4.69, 9.17) is 10.5 Å². The Bertz CT molecular complexity index is 809. The average Bonchev–Trinajstić information content (AvgIpc) is 2.98. The molecule has 26 heavy (non-hydrogen) atoms. The second-order valence-electron chi connectivity index (χ2n) is 7.05. The number of rotatable bonds is 3. The third-order valence-corrected chi connectivity index (χ3v) is 5.72. The van der Waals surface area contributed by atoms with Crippen LogP contribution < -0.4 is 10.5 Å². The van der Waals surface area contributed by atoms with Crippen molar-refractivity contribution in [2.45, 2.75) is 31.2 Å². The zero-order valence-electron chi connectivity index (χ0n) is 14.7. The Hall–Kier alpha value is -2.38. The maximum absolute atomic E-state index is 11.3. The second-order valence-corrected chi connectivity index (χ2v) is 7.05. The number of aryl methyl sites for hydroxylation is 1. The lowest BCUT2D eigenvalue weighted by Crippen LogP contribution is -2.45. The van der Waals surface area contributed by atoms with Crippen molar-refractivity contribution in [2.75, 3.05) is 26.2 Å². The van der Waals surface area contributed by atoms with Crippen LogP contribution in [0.1, 0.15) is 29.8 Å². The number of β-amino-alcohol motifs (C(OH)–C–C–N with tert-alkyl or cyclic N) is 1. The van der Waals surface area contributed by atoms with Gasteiger partial charge in [0, 0.05) is 13.1 Å². The van der Waals surface area contributed by atoms with Gasteiger partial charge in [-0.2, -0.15) is 0 Å². The van der Waals surface area contributed by atoms with Crippen LogP contribution in [0.15, 0.2) is 30.5 Å². The normalized spacial score (nSPS) is 18.8. The van der Waals surface area contributed by atoms with Gasteiger partial charge in [0.25, 0.3) is 0 Å². The minimum Gasteiger partial charge on any atom is -0.395 e. The Balaban J connectivity index is 1.79. The Morgan fingerprint density at radius 1 is 1.27 bits per heavy atom. The van der Waals surface area contributed by atoms with Gasteiger partial charge in [-0.3, -0.25) is 4.57 Å². The lowest BCUT2D eigenvalue weighted by molar-refractivity contribution is 0.140. The molecule has 4 rings (SSSR count). The fraction of sp³-hybridized carbons (Fsp3) is 0.474. The number of carbonyl (C=O) groups is 1. The number of primary amides is 1.